The summed E-state index contributed by atoms with van der Waals surface area (Å²) in [5.74, 6) is 0.562. The SMILES string of the molecule is O=C(COc1ccc(-c2csc3nc(=O)c(-c4ccccc4)nn23)cc1)N1CCOCC1. The van der Waals surface area contributed by atoms with Crippen molar-refractivity contribution in [2.75, 3.05) is 32.9 Å². The van der Waals surface area contributed by atoms with Crippen LogP contribution in [0.2, 0.25) is 0 Å². The highest BCUT2D eigenvalue weighted by Crippen LogP contribution is 2.26. The lowest BCUT2D eigenvalue weighted by Crippen LogP contribution is -2.42. The molecule has 4 aromatic rings. The molecule has 1 saturated heterocycles. The van der Waals surface area contributed by atoms with E-state index in [-0.39, 0.29) is 18.1 Å². The standard InChI is InChI=1S/C23H20N4O4S/c28-20(26-10-12-30-13-11-26)14-31-18-8-6-16(7-9-18)19-15-32-23-24-22(29)21(25-27(19)23)17-4-2-1-3-5-17/h1-9,15H,10-14H2. The molecule has 1 amide bonds. The lowest BCUT2D eigenvalue weighted by atomic mass is 10.1. The maximum atomic E-state index is 12.4. The summed E-state index contributed by atoms with van der Waals surface area (Å²) in [5, 5.41) is 6.49. The van der Waals surface area contributed by atoms with Gasteiger partial charge in [0.1, 0.15) is 5.75 Å². The monoisotopic (exact) mass is 448 g/mol. The molecule has 0 spiro atoms. The Hall–Kier alpha value is -3.56. The van der Waals surface area contributed by atoms with Crippen LogP contribution in [0.4, 0.5) is 0 Å². The summed E-state index contributed by atoms with van der Waals surface area (Å²) < 4.78 is 12.6. The van der Waals surface area contributed by atoms with E-state index in [0.717, 1.165) is 16.8 Å². The number of thiazole rings is 1. The van der Waals surface area contributed by atoms with Crippen LogP contribution >= 0.6 is 11.3 Å². The number of nitrogens with zero attached hydrogens (tertiary/aromatic N) is 4. The van der Waals surface area contributed by atoms with Crippen LogP contribution < -0.4 is 10.3 Å². The Bertz CT molecular complexity index is 1300. The smallest absolute Gasteiger partial charge is 0.300 e. The highest BCUT2D eigenvalue weighted by atomic mass is 32.1. The quantitative estimate of drug-likeness (QED) is 0.467. The number of rotatable bonds is 5. The summed E-state index contributed by atoms with van der Waals surface area (Å²) in [5.41, 5.74) is 2.42. The first-order valence-electron chi connectivity index (χ1n) is 10.2. The van der Waals surface area contributed by atoms with Gasteiger partial charge < -0.3 is 14.4 Å². The number of aromatic nitrogens is 3. The zero-order valence-corrected chi connectivity index (χ0v) is 18.0. The minimum atomic E-state index is -0.349. The fourth-order valence-corrected chi connectivity index (χ4v) is 4.33. The molecule has 0 N–H and O–H groups in total. The molecule has 2 aromatic carbocycles. The van der Waals surface area contributed by atoms with Crippen molar-refractivity contribution < 1.29 is 14.3 Å². The van der Waals surface area contributed by atoms with E-state index in [4.69, 9.17) is 9.47 Å². The minimum absolute atomic E-state index is 0.00628. The predicted molar refractivity (Wildman–Crippen MR) is 121 cm³/mol. The molecule has 1 aliphatic rings. The van der Waals surface area contributed by atoms with E-state index in [9.17, 15) is 9.59 Å². The summed E-state index contributed by atoms with van der Waals surface area (Å²) in [6.07, 6.45) is 0. The lowest BCUT2D eigenvalue weighted by Gasteiger charge is -2.26. The van der Waals surface area contributed by atoms with Crippen molar-refractivity contribution in [2.24, 2.45) is 0 Å². The highest BCUT2D eigenvalue weighted by molar-refractivity contribution is 7.15. The van der Waals surface area contributed by atoms with E-state index in [1.165, 1.54) is 11.3 Å². The van der Waals surface area contributed by atoms with Crippen molar-refractivity contribution in [1.29, 1.82) is 0 Å². The van der Waals surface area contributed by atoms with Crippen LogP contribution in [0.3, 0.4) is 0 Å². The molecule has 32 heavy (non-hydrogen) atoms. The van der Waals surface area contributed by atoms with Gasteiger partial charge >= 0.3 is 5.56 Å². The van der Waals surface area contributed by atoms with E-state index in [2.05, 4.69) is 10.1 Å². The third-order valence-corrected chi connectivity index (χ3v) is 6.02. The van der Waals surface area contributed by atoms with Gasteiger partial charge in [0.2, 0.25) is 4.96 Å². The number of hydrogen-bond donors (Lipinski definition) is 0. The number of carbonyl (C=O) groups excluding carboxylic acids is 1. The van der Waals surface area contributed by atoms with Gasteiger partial charge in [-0.05, 0) is 24.3 Å². The second-order valence-corrected chi connectivity index (χ2v) is 8.09. The van der Waals surface area contributed by atoms with Crippen LogP contribution in [0.25, 0.3) is 27.5 Å². The normalized spacial score (nSPS) is 13.9. The van der Waals surface area contributed by atoms with Gasteiger partial charge in [0.15, 0.2) is 12.3 Å². The van der Waals surface area contributed by atoms with Crippen molar-refractivity contribution in [3.63, 3.8) is 0 Å². The Labute approximate surface area is 187 Å². The number of hydrogen-bond acceptors (Lipinski definition) is 7. The van der Waals surface area contributed by atoms with E-state index in [1.54, 1.807) is 9.42 Å². The van der Waals surface area contributed by atoms with E-state index >= 15 is 0 Å². The fraction of sp³-hybridized carbons (Fsp3) is 0.217. The van der Waals surface area contributed by atoms with Gasteiger partial charge in [0, 0.05) is 29.6 Å². The molecule has 0 bridgehead atoms. The van der Waals surface area contributed by atoms with Crippen LogP contribution in [-0.4, -0.2) is 58.3 Å². The molecular formula is C23H20N4O4S. The van der Waals surface area contributed by atoms with Gasteiger partial charge in [-0.3, -0.25) is 9.59 Å². The van der Waals surface area contributed by atoms with Crippen molar-refractivity contribution >= 4 is 22.2 Å². The molecule has 162 valence electrons. The molecule has 0 aliphatic carbocycles. The minimum Gasteiger partial charge on any atom is -0.484 e. The summed E-state index contributed by atoms with van der Waals surface area (Å²) in [6.45, 7) is 2.32. The van der Waals surface area contributed by atoms with Gasteiger partial charge in [-0.1, -0.05) is 30.3 Å². The number of amides is 1. The highest BCUT2D eigenvalue weighted by Gasteiger charge is 2.17. The van der Waals surface area contributed by atoms with Crippen LogP contribution in [-0.2, 0) is 9.53 Å². The van der Waals surface area contributed by atoms with E-state index in [1.807, 2.05) is 60.0 Å². The molecule has 5 rings (SSSR count). The summed E-state index contributed by atoms with van der Waals surface area (Å²) >= 11 is 1.36. The van der Waals surface area contributed by atoms with Gasteiger partial charge in [-0.15, -0.1) is 11.3 Å². The Morgan fingerprint density at radius 3 is 2.53 bits per heavy atom. The second-order valence-electron chi connectivity index (χ2n) is 7.25. The third kappa shape index (κ3) is 4.12. The number of benzene rings is 2. The average molecular weight is 449 g/mol. The van der Waals surface area contributed by atoms with E-state index < -0.39 is 0 Å². The molecule has 1 fully saturated rings. The first-order valence-corrected chi connectivity index (χ1v) is 11.1. The number of carbonyl (C=O) groups is 1. The molecular weight excluding hydrogens is 428 g/mol. The lowest BCUT2D eigenvalue weighted by molar-refractivity contribution is -0.137. The van der Waals surface area contributed by atoms with Gasteiger partial charge in [0.05, 0.1) is 18.9 Å². The molecule has 0 saturated carbocycles. The molecule has 2 aromatic heterocycles. The molecule has 8 nitrogen and oxygen atoms in total. The maximum absolute atomic E-state index is 12.4. The summed E-state index contributed by atoms with van der Waals surface area (Å²) in [7, 11) is 0. The molecule has 9 heteroatoms. The van der Waals surface area contributed by atoms with Gasteiger partial charge in [0.25, 0.3) is 5.91 Å². The topological polar surface area (TPSA) is 86.0 Å². The van der Waals surface area contributed by atoms with Crippen molar-refractivity contribution in [1.82, 2.24) is 19.5 Å². The Balaban J connectivity index is 1.36. The number of fused-ring (bicyclic) bond motifs is 1. The molecule has 3 heterocycles. The van der Waals surface area contributed by atoms with E-state index in [0.29, 0.717) is 42.7 Å². The van der Waals surface area contributed by atoms with Crippen molar-refractivity contribution in [3.05, 3.63) is 70.3 Å². The van der Waals surface area contributed by atoms with Gasteiger partial charge in [-0.25, -0.2) is 4.52 Å². The summed E-state index contributed by atoms with van der Waals surface area (Å²) in [6, 6.07) is 16.7. The number of morpholine rings is 1. The Morgan fingerprint density at radius 2 is 1.78 bits per heavy atom. The fourth-order valence-electron chi connectivity index (χ4n) is 3.50. The Morgan fingerprint density at radius 1 is 1.03 bits per heavy atom. The van der Waals surface area contributed by atoms with Crippen LogP contribution in [0.15, 0.2) is 64.8 Å². The first kappa shape index (κ1) is 20.3. The first-order chi connectivity index (χ1) is 15.7. The van der Waals surface area contributed by atoms with Crippen LogP contribution in [0.5, 0.6) is 5.75 Å². The van der Waals surface area contributed by atoms with Crippen LogP contribution in [0, 0.1) is 0 Å². The predicted octanol–water partition coefficient (Wildman–Crippen LogP) is 2.72. The number of ether oxygens (including phenoxy) is 2. The summed E-state index contributed by atoms with van der Waals surface area (Å²) in [4.78, 5) is 31.2. The van der Waals surface area contributed by atoms with Gasteiger partial charge in [-0.2, -0.15) is 10.1 Å². The molecule has 0 unspecified atom stereocenters. The largest absolute Gasteiger partial charge is 0.484 e. The zero-order chi connectivity index (χ0) is 21.9. The second kappa shape index (κ2) is 8.89. The maximum Gasteiger partial charge on any atom is 0.300 e. The van der Waals surface area contributed by atoms with Crippen molar-refractivity contribution in [2.45, 2.75) is 0 Å². The zero-order valence-electron chi connectivity index (χ0n) is 17.1. The molecule has 0 atom stereocenters. The molecule has 1 aliphatic heterocycles. The van der Waals surface area contributed by atoms with Crippen LogP contribution in [0.1, 0.15) is 0 Å². The Kier molecular flexibility index (Phi) is 5.66. The average Bonchev–Trinajstić information content (AvgIpc) is 3.26. The van der Waals surface area contributed by atoms with Crippen molar-refractivity contribution in [3.8, 4) is 28.3 Å². The third-order valence-electron chi connectivity index (χ3n) is 5.21. The molecule has 0 radical (unpaired) electrons.